The number of rotatable bonds is 9. The van der Waals surface area contributed by atoms with E-state index < -0.39 is 0 Å². The van der Waals surface area contributed by atoms with E-state index in [0.29, 0.717) is 13.0 Å². The monoisotopic (exact) mass is 260 g/mol. The van der Waals surface area contributed by atoms with Crippen LogP contribution in [0, 0.1) is 0 Å². The minimum absolute atomic E-state index is 0.0736. The first-order valence-electron chi connectivity index (χ1n) is 7.17. The molecular formula is C17H24O2. The Hall–Kier alpha value is -1.57. The van der Waals surface area contributed by atoms with Crippen LogP contribution in [0.5, 0.6) is 0 Å². The highest BCUT2D eigenvalue weighted by Gasteiger charge is 1.99. The molecule has 1 aromatic carbocycles. The van der Waals surface area contributed by atoms with Gasteiger partial charge in [0.25, 0.3) is 0 Å². The van der Waals surface area contributed by atoms with Gasteiger partial charge in [0.1, 0.15) is 0 Å². The van der Waals surface area contributed by atoms with E-state index in [4.69, 9.17) is 4.74 Å². The second kappa shape index (κ2) is 10.4. The molecule has 1 aromatic rings. The van der Waals surface area contributed by atoms with Crippen LogP contribution in [0.4, 0.5) is 0 Å². The first-order valence-corrected chi connectivity index (χ1v) is 7.17. The Morgan fingerprint density at radius 1 is 1.11 bits per heavy atom. The zero-order valence-corrected chi connectivity index (χ0v) is 11.8. The fourth-order valence-corrected chi connectivity index (χ4v) is 1.90. The molecule has 0 N–H and O–H groups in total. The van der Waals surface area contributed by atoms with E-state index in [1.807, 2.05) is 13.0 Å². The fourth-order valence-electron chi connectivity index (χ4n) is 1.90. The van der Waals surface area contributed by atoms with Crippen molar-refractivity contribution in [1.82, 2.24) is 0 Å². The van der Waals surface area contributed by atoms with E-state index in [-0.39, 0.29) is 5.97 Å². The van der Waals surface area contributed by atoms with Crippen LogP contribution in [0.15, 0.2) is 42.5 Å². The van der Waals surface area contributed by atoms with Gasteiger partial charge in [0.2, 0.25) is 0 Å². The first kappa shape index (κ1) is 15.5. The second-order valence-corrected chi connectivity index (χ2v) is 4.55. The van der Waals surface area contributed by atoms with Crippen molar-refractivity contribution in [2.45, 2.75) is 45.4 Å². The lowest BCUT2D eigenvalue weighted by Gasteiger charge is -2.00. The number of carbonyl (C=O) groups excluding carboxylic acids is 1. The number of ether oxygens (including phenoxy) is 1. The van der Waals surface area contributed by atoms with E-state index in [1.165, 1.54) is 5.56 Å². The highest BCUT2D eigenvalue weighted by molar-refractivity contribution is 5.69. The third-order valence-corrected chi connectivity index (χ3v) is 2.92. The molecule has 19 heavy (non-hydrogen) atoms. The van der Waals surface area contributed by atoms with Crippen molar-refractivity contribution in [3.8, 4) is 0 Å². The number of unbranched alkanes of at least 4 members (excludes halogenated alkanes) is 2. The van der Waals surface area contributed by atoms with Gasteiger partial charge in [0.05, 0.1) is 6.61 Å². The molecule has 0 aliphatic carbocycles. The van der Waals surface area contributed by atoms with Gasteiger partial charge >= 0.3 is 5.97 Å². The van der Waals surface area contributed by atoms with Gasteiger partial charge in [-0.2, -0.15) is 0 Å². The predicted octanol–water partition coefficient (Wildman–Crippen LogP) is 4.30. The third kappa shape index (κ3) is 8.20. The molecule has 0 amide bonds. The van der Waals surface area contributed by atoms with Crippen LogP contribution in [0.3, 0.4) is 0 Å². The average molecular weight is 260 g/mol. The van der Waals surface area contributed by atoms with E-state index in [9.17, 15) is 4.79 Å². The van der Waals surface area contributed by atoms with Gasteiger partial charge in [-0.25, -0.2) is 0 Å². The second-order valence-electron chi connectivity index (χ2n) is 4.55. The molecular weight excluding hydrogens is 236 g/mol. The van der Waals surface area contributed by atoms with Crippen LogP contribution >= 0.6 is 0 Å². The van der Waals surface area contributed by atoms with Crippen molar-refractivity contribution >= 4 is 5.97 Å². The summed E-state index contributed by atoms with van der Waals surface area (Å²) < 4.78 is 4.88. The molecule has 0 fully saturated rings. The third-order valence-electron chi connectivity index (χ3n) is 2.92. The number of esters is 1. The molecule has 2 nitrogen and oxygen atoms in total. The van der Waals surface area contributed by atoms with Gasteiger partial charge in [0.15, 0.2) is 0 Å². The van der Waals surface area contributed by atoms with Crippen molar-refractivity contribution in [3.05, 3.63) is 48.0 Å². The Kier molecular flexibility index (Phi) is 8.45. The summed E-state index contributed by atoms with van der Waals surface area (Å²) in [7, 11) is 0. The van der Waals surface area contributed by atoms with E-state index in [1.54, 1.807) is 0 Å². The molecule has 0 aliphatic rings. The molecule has 0 saturated carbocycles. The highest BCUT2D eigenvalue weighted by atomic mass is 16.5. The van der Waals surface area contributed by atoms with Gasteiger partial charge in [-0.15, -0.1) is 0 Å². The average Bonchev–Trinajstić information content (AvgIpc) is 2.43. The summed E-state index contributed by atoms with van der Waals surface area (Å²) in [6, 6.07) is 10.5. The van der Waals surface area contributed by atoms with Crippen molar-refractivity contribution < 1.29 is 9.53 Å². The minimum atomic E-state index is -0.0736. The van der Waals surface area contributed by atoms with Crippen LogP contribution in [-0.2, 0) is 16.0 Å². The molecule has 2 heteroatoms. The number of allylic oxidation sites excluding steroid dienone is 2. The molecule has 0 spiro atoms. The molecule has 104 valence electrons. The molecule has 0 unspecified atom stereocenters. The Morgan fingerprint density at radius 3 is 2.58 bits per heavy atom. The summed E-state index contributed by atoms with van der Waals surface area (Å²) >= 11 is 0. The van der Waals surface area contributed by atoms with Gasteiger partial charge in [-0.05, 0) is 44.6 Å². The topological polar surface area (TPSA) is 26.3 Å². The zero-order chi connectivity index (χ0) is 13.8. The Labute approximate surface area is 116 Å². The fraction of sp³-hybridized carbons (Fsp3) is 0.471. The lowest BCUT2D eigenvalue weighted by molar-refractivity contribution is -0.143. The van der Waals surface area contributed by atoms with Crippen LogP contribution in [-0.4, -0.2) is 12.6 Å². The Morgan fingerprint density at radius 2 is 1.84 bits per heavy atom. The largest absolute Gasteiger partial charge is 0.466 e. The molecule has 0 bridgehead atoms. The van der Waals surface area contributed by atoms with Gasteiger partial charge in [-0.3, -0.25) is 4.79 Å². The molecule has 0 aromatic heterocycles. The summed E-state index contributed by atoms with van der Waals surface area (Å²) in [6.07, 6.45) is 10.2. The first-order chi connectivity index (χ1) is 9.33. The van der Waals surface area contributed by atoms with Crippen LogP contribution in [0.25, 0.3) is 0 Å². The van der Waals surface area contributed by atoms with Crippen LogP contribution < -0.4 is 0 Å². The molecule has 0 radical (unpaired) electrons. The smallest absolute Gasteiger partial charge is 0.305 e. The van der Waals surface area contributed by atoms with Gasteiger partial charge < -0.3 is 4.74 Å². The zero-order valence-electron chi connectivity index (χ0n) is 11.8. The van der Waals surface area contributed by atoms with Crippen molar-refractivity contribution in [3.63, 3.8) is 0 Å². The lowest BCUT2D eigenvalue weighted by Crippen LogP contribution is -2.02. The van der Waals surface area contributed by atoms with Gasteiger partial charge in [-0.1, -0.05) is 42.5 Å². The Balaban J connectivity index is 1.98. The van der Waals surface area contributed by atoms with Crippen molar-refractivity contribution in [1.29, 1.82) is 0 Å². The summed E-state index contributed by atoms with van der Waals surface area (Å²) in [5.41, 5.74) is 1.38. The maximum Gasteiger partial charge on any atom is 0.305 e. The molecule has 0 atom stereocenters. The van der Waals surface area contributed by atoms with Gasteiger partial charge in [0, 0.05) is 6.42 Å². The van der Waals surface area contributed by atoms with Crippen LogP contribution in [0.1, 0.15) is 44.6 Å². The predicted molar refractivity (Wildman–Crippen MR) is 79.0 cm³/mol. The number of carbonyl (C=O) groups is 1. The molecule has 1 rings (SSSR count). The molecule has 0 saturated heterocycles. The number of benzene rings is 1. The van der Waals surface area contributed by atoms with E-state index in [0.717, 1.165) is 32.1 Å². The quantitative estimate of drug-likeness (QED) is 0.376. The number of aryl methyl sites for hydroxylation is 1. The van der Waals surface area contributed by atoms with Crippen molar-refractivity contribution in [2.24, 2.45) is 0 Å². The van der Waals surface area contributed by atoms with E-state index >= 15 is 0 Å². The maximum absolute atomic E-state index is 11.1. The number of hydrogen-bond acceptors (Lipinski definition) is 2. The molecule has 0 heterocycles. The van der Waals surface area contributed by atoms with Crippen molar-refractivity contribution in [2.75, 3.05) is 6.61 Å². The standard InChI is InChI=1S/C17H24O2/c1-2-19-17(18)15-11-6-4-3-5-8-12-16-13-9-7-10-14-16/h3,5,7,9-10,13-14H,2,4,6,8,11-12,15H2,1H3. The summed E-state index contributed by atoms with van der Waals surface area (Å²) in [5, 5.41) is 0. The summed E-state index contributed by atoms with van der Waals surface area (Å²) in [5.74, 6) is -0.0736. The van der Waals surface area contributed by atoms with E-state index in [2.05, 4.69) is 36.4 Å². The maximum atomic E-state index is 11.1. The summed E-state index contributed by atoms with van der Waals surface area (Å²) in [6.45, 7) is 2.32. The number of hydrogen-bond donors (Lipinski definition) is 0. The SMILES string of the molecule is CCOC(=O)CCCCC=CCCc1ccccc1. The highest BCUT2D eigenvalue weighted by Crippen LogP contribution is 2.05. The van der Waals surface area contributed by atoms with Crippen LogP contribution in [0.2, 0.25) is 0 Å². The summed E-state index contributed by atoms with van der Waals surface area (Å²) in [4.78, 5) is 11.1. The minimum Gasteiger partial charge on any atom is -0.466 e. The lowest BCUT2D eigenvalue weighted by atomic mass is 10.1. The Bertz CT molecular complexity index is 368. The molecule has 0 aliphatic heterocycles. The normalized spacial score (nSPS) is 10.8.